The third kappa shape index (κ3) is 27.2. The van der Waals surface area contributed by atoms with Crippen molar-refractivity contribution in [3.05, 3.63) is 245 Å². The average Bonchev–Trinajstić information content (AvgIpc) is 3.87. The zero-order chi connectivity index (χ0) is 64.7. The summed E-state index contributed by atoms with van der Waals surface area (Å²) < 4.78 is 39.5. The van der Waals surface area contributed by atoms with Crippen molar-refractivity contribution in [2.45, 2.75) is 96.2 Å². The number of aliphatic imine (C=N–C) groups is 1. The predicted molar refractivity (Wildman–Crippen MR) is 356 cm³/mol. The van der Waals surface area contributed by atoms with E-state index in [4.69, 9.17) is 46.4 Å². The van der Waals surface area contributed by atoms with Crippen molar-refractivity contribution >= 4 is 63.5 Å². The Hall–Kier alpha value is -7.62. The van der Waals surface area contributed by atoms with Gasteiger partial charge in [0.2, 0.25) is 0 Å². The van der Waals surface area contributed by atoms with E-state index >= 15 is 0 Å². The molecule has 86 heavy (non-hydrogen) atoms. The molecule has 0 atom stereocenters. The van der Waals surface area contributed by atoms with Crippen molar-refractivity contribution < 1.29 is 22.8 Å². The second kappa shape index (κ2) is 38.4. The van der Waals surface area contributed by atoms with E-state index in [2.05, 4.69) is 173 Å². The summed E-state index contributed by atoms with van der Waals surface area (Å²) in [4.78, 5) is 20.5. The molecule has 0 aliphatic rings. The van der Waals surface area contributed by atoms with Crippen molar-refractivity contribution in [2.24, 2.45) is 29.4 Å². The number of halogens is 7. The van der Waals surface area contributed by atoms with Gasteiger partial charge in [-0.15, -0.1) is 0 Å². The third-order valence-electron chi connectivity index (χ3n) is 12.6. The van der Waals surface area contributed by atoms with Crippen LogP contribution in [0.2, 0.25) is 20.2 Å². The molecule has 4 heterocycles. The SMILES string of the molecule is CN=C(C)C(=N/OC)/C(C)=N\OC.Cc1c(-c2ccccc2)nn(C)c1C.Cc1cc(-c2ccc(Cl)cc2)nn1C.Cc1ccc(C)c(C)c1.Cc1cccc(C(F)(F)F)n1.Cc1ccccc1.Cc1ccccc1C.Cc1nc(Cl)c(Cl)cc1Cl. The van der Waals surface area contributed by atoms with Gasteiger partial charge < -0.3 is 9.68 Å². The molecule has 458 valence electrons. The van der Waals surface area contributed by atoms with Gasteiger partial charge in [-0.2, -0.15) is 23.4 Å². The Labute approximate surface area is 527 Å². The summed E-state index contributed by atoms with van der Waals surface area (Å²) in [6, 6.07) is 50.6. The van der Waals surface area contributed by atoms with Crippen molar-refractivity contribution in [1.82, 2.24) is 29.5 Å². The van der Waals surface area contributed by atoms with Crippen molar-refractivity contribution in [1.29, 1.82) is 0 Å². The normalized spacial score (nSPS) is 10.8. The zero-order valence-corrected chi connectivity index (χ0v) is 55.5. The molecule has 9 rings (SSSR count). The van der Waals surface area contributed by atoms with E-state index < -0.39 is 11.9 Å². The van der Waals surface area contributed by atoms with Crippen LogP contribution in [0, 0.1) is 76.2 Å². The second-order valence-electron chi connectivity index (χ2n) is 19.5. The molecular formula is C68H80Cl4F3N9O2. The first-order chi connectivity index (χ1) is 40.5. The first-order valence-corrected chi connectivity index (χ1v) is 28.6. The lowest BCUT2D eigenvalue weighted by Gasteiger charge is -2.04. The standard InChI is InChI=1S/C12H14N2.C11H11ClN2.C9H12.C8H15N3O2.C8H10.C7H6F3N.C7H8.C6H4Cl3N/c1-9-10(2)14(3)13-12(9)11-7-5-4-6-8-11;1-8-7-11(13-14(8)2)9-3-5-10(12)6-4-9;1-7-4-5-8(2)9(3)6-7;1-6(9-3)8(11-13-5)7(2)10-12-4;1-7-5-3-4-6-8(7)2;1-5-3-2-4-6(11-5)7(8,9)10;1-7-5-3-2-4-6-7;1-3-4(7)2-5(8)6(9)10-3/h4-8H,1-3H3;3-7H,1-2H3;4-6H,1-3H3;1-5H3;3-6H,1-2H3;2-4H,1H3;2-6H,1H3;2H,1H3/b;;;9-6?,10-7-,11-8-;;;;. The Balaban J connectivity index is 0.000000339. The number of hydrogen-bond donors (Lipinski definition) is 0. The quantitative estimate of drug-likeness (QED) is 0.0930. The lowest BCUT2D eigenvalue weighted by Crippen LogP contribution is -2.20. The van der Waals surface area contributed by atoms with Crippen LogP contribution in [0.1, 0.15) is 81.3 Å². The highest BCUT2D eigenvalue weighted by Gasteiger charge is 2.32. The molecule has 0 amide bonds. The molecule has 4 aromatic heterocycles. The molecule has 0 radical (unpaired) electrons. The lowest BCUT2D eigenvalue weighted by molar-refractivity contribution is -0.141. The molecule has 0 aliphatic heterocycles. The van der Waals surface area contributed by atoms with E-state index in [0.717, 1.165) is 39.4 Å². The maximum absolute atomic E-state index is 11.9. The molecule has 18 heteroatoms. The summed E-state index contributed by atoms with van der Waals surface area (Å²) in [7, 11) is 8.56. The number of nitrogens with zero attached hydrogens (tertiary/aromatic N) is 9. The van der Waals surface area contributed by atoms with Crippen molar-refractivity contribution in [2.75, 3.05) is 21.3 Å². The molecule has 0 unspecified atom stereocenters. The Bertz CT molecular complexity index is 3480. The van der Waals surface area contributed by atoms with Crippen LogP contribution in [0.15, 0.2) is 173 Å². The molecule has 0 spiro atoms. The zero-order valence-electron chi connectivity index (χ0n) is 52.5. The number of benzene rings is 5. The number of aryl methyl sites for hydroxylation is 11. The van der Waals surface area contributed by atoms with E-state index in [9.17, 15) is 13.2 Å². The summed E-state index contributed by atoms with van der Waals surface area (Å²) >= 11 is 22.7. The number of oxime groups is 2. The fourth-order valence-electron chi connectivity index (χ4n) is 7.00. The van der Waals surface area contributed by atoms with Gasteiger partial charge in [0.1, 0.15) is 36.5 Å². The number of rotatable bonds is 6. The average molecular weight is 1250 g/mol. The third-order valence-corrected chi connectivity index (χ3v) is 13.9. The highest BCUT2D eigenvalue weighted by molar-refractivity contribution is 6.67. The van der Waals surface area contributed by atoms with Crippen LogP contribution >= 0.6 is 46.4 Å². The van der Waals surface area contributed by atoms with Gasteiger partial charge in [-0.1, -0.05) is 189 Å². The minimum atomic E-state index is -4.33. The van der Waals surface area contributed by atoms with Gasteiger partial charge in [0.15, 0.2) is 0 Å². The maximum atomic E-state index is 11.9. The monoisotopic (exact) mass is 1250 g/mol. The van der Waals surface area contributed by atoms with E-state index in [1.807, 2.05) is 98.0 Å². The summed E-state index contributed by atoms with van der Waals surface area (Å²) in [6.45, 7) is 25.8. The van der Waals surface area contributed by atoms with Crippen LogP contribution < -0.4 is 0 Å². The highest BCUT2D eigenvalue weighted by Crippen LogP contribution is 2.28. The molecular weight excluding hydrogens is 1170 g/mol. The second-order valence-corrected chi connectivity index (χ2v) is 21.1. The van der Waals surface area contributed by atoms with Crippen LogP contribution in [0.5, 0.6) is 0 Å². The molecule has 0 saturated carbocycles. The minimum absolute atomic E-state index is 0.295. The number of pyridine rings is 2. The summed E-state index contributed by atoms with van der Waals surface area (Å²) in [5, 5.41) is 18.4. The minimum Gasteiger partial charge on any atom is -0.399 e. The van der Waals surface area contributed by atoms with E-state index in [0.29, 0.717) is 38.0 Å². The molecule has 0 saturated heterocycles. The van der Waals surface area contributed by atoms with Crippen molar-refractivity contribution in [3.8, 4) is 22.5 Å². The van der Waals surface area contributed by atoms with Gasteiger partial charge in [-0.05, 0) is 154 Å². The Morgan fingerprint density at radius 1 is 0.512 bits per heavy atom. The van der Waals surface area contributed by atoms with Gasteiger partial charge in [-0.25, -0.2) is 9.97 Å². The van der Waals surface area contributed by atoms with Crippen LogP contribution in [-0.4, -0.2) is 67.9 Å². The first-order valence-electron chi connectivity index (χ1n) is 27.1. The number of alkyl halides is 3. The molecule has 0 N–H and O–H groups in total. The Morgan fingerprint density at radius 3 is 1.47 bits per heavy atom. The Kier molecular flexibility index (Phi) is 33.3. The van der Waals surface area contributed by atoms with E-state index in [1.165, 1.54) is 83.5 Å². The molecule has 0 fully saturated rings. The maximum Gasteiger partial charge on any atom is 0.433 e. The first kappa shape index (κ1) is 74.5. The summed E-state index contributed by atoms with van der Waals surface area (Å²) in [5.74, 6) is 0. The fourth-order valence-corrected chi connectivity index (χ4v) is 7.66. The summed E-state index contributed by atoms with van der Waals surface area (Å²) in [5.41, 5.74) is 18.4. The van der Waals surface area contributed by atoms with Gasteiger partial charge in [-0.3, -0.25) is 14.4 Å². The summed E-state index contributed by atoms with van der Waals surface area (Å²) in [6.07, 6.45) is -4.33. The van der Waals surface area contributed by atoms with Crippen molar-refractivity contribution in [3.63, 3.8) is 0 Å². The number of aromatic nitrogens is 6. The largest absolute Gasteiger partial charge is 0.433 e. The van der Waals surface area contributed by atoms with Gasteiger partial charge in [0.05, 0.1) is 32.8 Å². The van der Waals surface area contributed by atoms with Gasteiger partial charge in [0, 0.05) is 54.4 Å². The molecule has 0 aliphatic carbocycles. The fraction of sp³-hybridized carbons (Fsp3) is 0.279. The number of hydrogen-bond acceptors (Lipinski definition) is 9. The van der Waals surface area contributed by atoms with E-state index in [-0.39, 0.29) is 0 Å². The lowest BCUT2D eigenvalue weighted by atomic mass is 10.1. The smallest absolute Gasteiger partial charge is 0.399 e. The topological polar surface area (TPSA) is 117 Å². The van der Waals surface area contributed by atoms with Crippen LogP contribution in [-0.2, 0) is 29.9 Å². The molecule has 9 aromatic rings. The van der Waals surface area contributed by atoms with Gasteiger partial charge >= 0.3 is 6.18 Å². The molecule has 11 nitrogen and oxygen atoms in total. The predicted octanol–water partition coefficient (Wildman–Crippen LogP) is 19.5. The van der Waals surface area contributed by atoms with Crippen LogP contribution in [0.3, 0.4) is 0 Å². The van der Waals surface area contributed by atoms with Crippen LogP contribution in [0.25, 0.3) is 22.5 Å². The van der Waals surface area contributed by atoms with Crippen LogP contribution in [0.4, 0.5) is 13.2 Å². The molecule has 5 aromatic carbocycles. The van der Waals surface area contributed by atoms with E-state index in [1.54, 1.807) is 27.0 Å². The van der Waals surface area contributed by atoms with Gasteiger partial charge in [0.25, 0.3) is 0 Å². The Morgan fingerprint density at radius 2 is 1.06 bits per heavy atom. The molecule has 0 bridgehead atoms. The highest BCUT2D eigenvalue weighted by atomic mass is 35.5.